The number of hydrogen-bond donors (Lipinski definition) is 1. The van der Waals surface area contributed by atoms with Crippen LogP contribution in [0.1, 0.15) is 31.0 Å². The minimum Gasteiger partial charge on any atom is -0.382 e. The molecule has 2 aromatic rings. The fourth-order valence-electron chi connectivity index (χ4n) is 2.10. The maximum atomic E-state index is 5.93. The normalized spacial score (nSPS) is 16.9. The SMILES string of the molecule is Nc1nc(C2CCC2)n2cccc(Br)c12. The number of aromatic nitrogens is 2. The molecule has 0 bridgehead atoms. The lowest BCUT2D eigenvalue weighted by atomic mass is 9.85. The van der Waals surface area contributed by atoms with Crippen molar-refractivity contribution in [1.29, 1.82) is 0 Å². The van der Waals surface area contributed by atoms with Gasteiger partial charge in [0.25, 0.3) is 0 Å². The van der Waals surface area contributed by atoms with Gasteiger partial charge < -0.3 is 10.1 Å². The average Bonchev–Trinajstić information content (AvgIpc) is 2.43. The summed E-state index contributed by atoms with van der Waals surface area (Å²) in [4.78, 5) is 4.48. The number of nitrogen functional groups attached to an aromatic ring is 1. The number of halogens is 1. The highest BCUT2D eigenvalue weighted by molar-refractivity contribution is 9.10. The number of imidazole rings is 1. The minimum atomic E-state index is 0.601. The molecule has 1 aliphatic carbocycles. The van der Waals surface area contributed by atoms with Crippen molar-refractivity contribution in [2.24, 2.45) is 0 Å². The van der Waals surface area contributed by atoms with Gasteiger partial charge in [0.05, 0.1) is 0 Å². The van der Waals surface area contributed by atoms with E-state index in [1.165, 1.54) is 19.3 Å². The van der Waals surface area contributed by atoms with E-state index in [4.69, 9.17) is 5.73 Å². The summed E-state index contributed by atoms with van der Waals surface area (Å²) in [7, 11) is 0. The molecule has 2 aromatic heterocycles. The third kappa shape index (κ3) is 1.28. The van der Waals surface area contributed by atoms with Gasteiger partial charge in [0.15, 0.2) is 5.82 Å². The zero-order valence-corrected chi connectivity index (χ0v) is 9.87. The quantitative estimate of drug-likeness (QED) is 0.862. The number of hydrogen-bond acceptors (Lipinski definition) is 2. The number of rotatable bonds is 1. The molecule has 78 valence electrons. The van der Waals surface area contributed by atoms with Crippen LogP contribution in [0.5, 0.6) is 0 Å². The van der Waals surface area contributed by atoms with Crippen LogP contribution in [0.3, 0.4) is 0 Å². The summed E-state index contributed by atoms with van der Waals surface area (Å²) in [5.74, 6) is 2.35. The lowest BCUT2D eigenvalue weighted by molar-refractivity contribution is 0.400. The van der Waals surface area contributed by atoms with E-state index < -0.39 is 0 Å². The topological polar surface area (TPSA) is 43.3 Å². The van der Waals surface area contributed by atoms with Crippen molar-refractivity contribution in [1.82, 2.24) is 9.38 Å². The Labute approximate surface area is 96.4 Å². The Morgan fingerprint density at radius 1 is 1.47 bits per heavy atom. The van der Waals surface area contributed by atoms with E-state index in [0.29, 0.717) is 11.7 Å². The molecule has 3 nitrogen and oxygen atoms in total. The molecule has 0 radical (unpaired) electrons. The Kier molecular flexibility index (Phi) is 1.99. The van der Waals surface area contributed by atoms with E-state index in [0.717, 1.165) is 15.8 Å². The molecule has 0 unspecified atom stereocenters. The van der Waals surface area contributed by atoms with Gasteiger partial charge in [0.2, 0.25) is 0 Å². The van der Waals surface area contributed by atoms with Gasteiger partial charge in [-0.1, -0.05) is 6.42 Å². The van der Waals surface area contributed by atoms with Crippen molar-refractivity contribution < 1.29 is 0 Å². The first-order chi connectivity index (χ1) is 7.27. The molecule has 1 fully saturated rings. The Balaban J connectivity index is 2.27. The second kappa shape index (κ2) is 3.23. The van der Waals surface area contributed by atoms with Crippen molar-refractivity contribution in [3.63, 3.8) is 0 Å². The molecule has 2 heterocycles. The third-order valence-corrected chi connectivity index (χ3v) is 3.78. The predicted molar refractivity (Wildman–Crippen MR) is 63.9 cm³/mol. The molecule has 0 spiro atoms. The first-order valence-electron chi connectivity index (χ1n) is 5.19. The average molecular weight is 266 g/mol. The maximum Gasteiger partial charge on any atom is 0.151 e. The lowest BCUT2D eigenvalue weighted by Crippen LogP contribution is -2.12. The van der Waals surface area contributed by atoms with Gasteiger partial charge in [0.1, 0.15) is 11.3 Å². The smallest absolute Gasteiger partial charge is 0.151 e. The summed E-state index contributed by atoms with van der Waals surface area (Å²) in [6.07, 6.45) is 5.83. The summed E-state index contributed by atoms with van der Waals surface area (Å²) < 4.78 is 3.13. The highest BCUT2D eigenvalue weighted by atomic mass is 79.9. The van der Waals surface area contributed by atoms with Crippen LogP contribution >= 0.6 is 15.9 Å². The standard InChI is InChI=1S/C11H12BrN3/c12-8-5-2-6-15-9(8)10(13)14-11(15)7-3-1-4-7/h2,5-7H,1,3-4,13H2. The van der Waals surface area contributed by atoms with E-state index in [1.807, 2.05) is 18.3 Å². The van der Waals surface area contributed by atoms with E-state index in [9.17, 15) is 0 Å². The molecule has 0 aliphatic heterocycles. The van der Waals surface area contributed by atoms with Crippen LogP contribution in [0.25, 0.3) is 5.52 Å². The van der Waals surface area contributed by atoms with Gasteiger partial charge in [-0.25, -0.2) is 4.98 Å². The first-order valence-corrected chi connectivity index (χ1v) is 5.98. The predicted octanol–water partition coefficient (Wildman–Crippen LogP) is 2.95. The number of fused-ring (bicyclic) bond motifs is 1. The van der Waals surface area contributed by atoms with E-state index in [-0.39, 0.29) is 0 Å². The van der Waals surface area contributed by atoms with Crippen molar-refractivity contribution in [3.05, 3.63) is 28.6 Å². The molecule has 4 heteroatoms. The van der Waals surface area contributed by atoms with Crippen LogP contribution in [-0.4, -0.2) is 9.38 Å². The van der Waals surface area contributed by atoms with Crippen molar-refractivity contribution in [2.75, 3.05) is 5.73 Å². The molecular formula is C11H12BrN3. The van der Waals surface area contributed by atoms with E-state index in [1.54, 1.807) is 0 Å². The Hall–Kier alpha value is -1.03. The molecular weight excluding hydrogens is 254 g/mol. The van der Waals surface area contributed by atoms with Crippen molar-refractivity contribution in [3.8, 4) is 0 Å². The molecule has 15 heavy (non-hydrogen) atoms. The highest BCUT2D eigenvalue weighted by Crippen LogP contribution is 2.37. The number of nitrogens with two attached hydrogens (primary N) is 1. The third-order valence-electron chi connectivity index (χ3n) is 3.14. The summed E-state index contributed by atoms with van der Waals surface area (Å²) in [6.45, 7) is 0. The summed E-state index contributed by atoms with van der Waals surface area (Å²) in [6, 6.07) is 4.01. The zero-order valence-electron chi connectivity index (χ0n) is 8.28. The largest absolute Gasteiger partial charge is 0.382 e. The monoisotopic (exact) mass is 265 g/mol. The molecule has 0 saturated heterocycles. The van der Waals surface area contributed by atoms with Crippen LogP contribution in [-0.2, 0) is 0 Å². The fourth-order valence-corrected chi connectivity index (χ4v) is 2.65. The van der Waals surface area contributed by atoms with E-state index in [2.05, 4.69) is 25.3 Å². The molecule has 0 amide bonds. The first kappa shape index (κ1) is 9.21. The maximum absolute atomic E-state index is 5.93. The van der Waals surface area contributed by atoms with Crippen LogP contribution in [0.15, 0.2) is 22.8 Å². The number of nitrogens with zero attached hydrogens (tertiary/aromatic N) is 2. The second-order valence-corrected chi connectivity index (χ2v) is 4.91. The number of anilines is 1. The molecule has 1 aliphatic rings. The summed E-state index contributed by atoms with van der Waals surface area (Å²) in [5.41, 5.74) is 6.93. The highest BCUT2D eigenvalue weighted by Gasteiger charge is 2.25. The van der Waals surface area contributed by atoms with Gasteiger partial charge in [-0.05, 0) is 40.9 Å². The molecule has 0 aromatic carbocycles. The molecule has 1 saturated carbocycles. The molecule has 3 rings (SSSR count). The Bertz CT molecular complexity index is 514. The number of pyridine rings is 1. The lowest BCUT2D eigenvalue weighted by Gasteiger charge is -2.23. The van der Waals surface area contributed by atoms with E-state index >= 15 is 0 Å². The van der Waals surface area contributed by atoms with Gasteiger partial charge in [-0.2, -0.15) is 0 Å². The second-order valence-electron chi connectivity index (χ2n) is 4.06. The van der Waals surface area contributed by atoms with Crippen LogP contribution in [0.2, 0.25) is 0 Å². The van der Waals surface area contributed by atoms with Gasteiger partial charge in [-0.3, -0.25) is 0 Å². The Morgan fingerprint density at radius 2 is 2.27 bits per heavy atom. The minimum absolute atomic E-state index is 0.601. The van der Waals surface area contributed by atoms with Crippen molar-refractivity contribution in [2.45, 2.75) is 25.2 Å². The van der Waals surface area contributed by atoms with Crippen LogP contribution in [0, 0.1) is 0 Å². The fraction of sp³-hybridized carbons (Fsp3) is 0.364. The Morgan fingerprint density at radius 3 is 2.93 bits per heavy atom. The van der Waals surface area contributed by atoms with Gasteiger partial charge in [-0.15, -0.1) is 0 Å². The zero-order chi connectivity index (χ0) is 10.4. The van der Waals surface area contributed by atoms with Crippen LogP contribution in [0.4, 0.5) is 5.82 Å². The van der Waals surface area contributed by atoms with Crippen LogP contribution < -0.4 is 5.73 Å². The van der Waals surface area contributed by atoms with Gasteiger partial charge in [0, 0.05) is 16.6 Å². The van der Waals surface area contributed by atoms with Gasteiger partial charge >= 0.3 is 0 Å². The van der Waals surface area contributed by atoms with Crippen molar-refractivity contribution >= 4 is 27.3 Å². The molecule has 2 N–H and O–H groups in total. The summed E-state index contributed by atoms with van der Waals surface area (Å²) >= 11 is 3.51. The summed E-state index contributed by atoms with van der Waals surface area (Å²) in [5, 5.41) is 0. The molecule has 0 atom stereocenters.